The van der Waals surface area contributed by atoms with Crippen LogP contribution in [0.4, 0.5) is 0 Å². The predicted molar refractivity (Wildman–Crippen MR) is 79.8 cm³/mol. The summed E-state index contributed by atoms with van der Waals surface area (Å²) in [6, 6.07) is 0.793. The Balaban J connectivity index is 1.56. The number of aliphatic hydroxyl groups excluding tert-OH is 1. The highest BCUT2D eigenvalue weighted by molar-refractivity contribution is 4.92. The van der Waals surface area contributed by atoms with Crippen LogP contribution in [0.25, 0.3) is 0 Å². The van der Waals surface area contributed by atoms with Crippen LogP contribution in [0.15, 0.2) is 0 Å². The molecule has 1 unspecified atom stereocenters. The maximum atomic E-state index is 9.40. The molecule has 1 saturated carbocycles. The molecular weight excluding hydrogens is 252 g/mol. The van der Waals surface area contributed by atoms with Gasteiger partial charge < -0.3 is 20.1 Å². The summed E-state index contributed by atoms with van der Waals surface area (Å²) in [6.07, 6.45) is 7.54. The molecule has 0 radical (unpaired) electrons. The first kappa shape index (κ1) is 14.8. The van der Waals surface area contributed by atoms with Crippen LogP contribution >= 0.6 is 0 Å². The van der Waals surface area contributed by atoms with Gasteiger partial charge in [0.1, 0.15) is 0 Å². The van der Waals surface area contributed by atoms with Gasteiger partial charge in [-0.2, -0.15) is 0 Å². The van der Waals surface area contributed by atoms with Crippen LogP contribution in [0.2, 0.25) is 0 Å². The summed E-state index contributed by atoms with van der Waals surface area (Å²) in [4.78, 5) is 2.60. The number of hydrogen-bond donors (Lipinski definition) is 2. The monoisotopic (exact) mass is 282 g/mol. The average Bonchev–Trinajstić information content (AvgIpc) is 3.31. The van der Waals surface area contributed by atoms with E-state index in [0.717, 1.165) is 32.3 Å². The van der Waals surface area contributed by atoms with Crippen molar-refractivity contribution in [1.82, 2.24) is 10.2 Å². The van der Waals surface area contributed by atoms with Crippen molar-refractivity contribution >= 4 is 0 Å². The molecule has 3 rings (SSSR count). The van der Waals surface area contributed by atoms with Crippen molar-refractivity contribution in [2.24, 2.45) is 11.3 Å². The van der Waals surface area contributed by atoms with Crippen LogP contribution in [-0.4, -0.2) is 62.0 Å². The lowest BCUT2D eigenvalue weighted by atomic mass is 9.78. The molecule has 4 nitrogen and oxygen atoms in total. The second-order valence-electron chi connectivity index (χ2n) is 7.19. The molecule has 0 spiro atoms. The Morgan fingerprint density at radius 3 is 2.70 bits per heavy atom. The molecule has 3 fully saturated rings. The summed E-state index contributed by atoms with van der Waals surface area (Å²) in [6.45, 7) is 6.83. The SMILES string of the molecule is OCC1CCCN(CC2(CNC3CC3)CCOCC2)C1. The van der Waals surface area contributed by atoms with E-state index >= 15 is 0 Å². The lowest BCUT2D eigenvalue weighted by Gasteiger charge is -2.43. The third kappa shape index (κ3) is 3.94. The van der Waals surface area contributed by atoms with Gasteiger partial charge in [0.2, 0.25) is 0 Å². The highest BCUT2D eigenvalue weighted by atomic mass is 16.5. The fourth-order valence-corrected chi connectivity index (χ4v) is 3.76. The Bertz CT molecular complexity index is 301. The predicted octanol–water partition coefficient (Wildman–Crippen LogP) is 1.24. The van der Waals surface area contributed by atoms with E-state index in [0.29, 0.717) is 17.9 Å². The fourth-order valence-electron chi connectivity index (χ4n) is 3.76. The molecule has 1 atom stereocenters. The molecule has 3 aliphatic rings. The zero-order valence-corrected chi connectivity index (χ0v) is 12.6. The van der Waals surface area contributed by atoms with Crippen LogP contribution in [0, 0.1) is 11.3 Å². The first-order chi connectivity index (χ1) is 9.80. The summed E-state index contributed by atoms with van der Waals surface area (Å²) in [7, 11) is 0. The summed E-state index contributed by atoms with van der Waals surface area (Å²) in [5.41, 5.74) is 0.401. The zero-order valence-electron chi connectivity index (χ0n) is 12.6. The van der Waals surface area contributed by atoms with Crippen molar-refractivity contribution in [3.05, 3.63) is 0 Å². The van der Waals surface area contributed by atoms with E-state index in [1.54, 1.807) is 0 Å². The van der Waals surface area contributed by atoms with Gasteiger partial charge in [0, 0.05) is 45.5 Å². The van der Waals surface area contributed by atoms with Gasteiger partial charge in [0.05, 0.1) is 0 Å². The van der Waals surface area contributed by atoms with E-state index in [-0.39, 0.29) is 0 Å². The number of rotatable bonds is 6. The maximum absolute atomic E-state index is 9.40. The second kappa shape index (κ2) is 6.73. The molecular formula is C16H30N2O2. The highest BCUT2D eigenvalue weighted by Crippen LogP contribution is 2.33. The van der Waals surface area contributed by atoms with Crippen molar-refractivity contribution < 1.29 is 9.84 Å². The molecule has 0 aromatic heterocycles. The molecule has 0 aromatic rings. The van der Waals surface area contributed by atoms with Crippen LogP contribution in [0.1, 0.15) is 38.5 Å². The van der Waals surface area contributed by atoms with Crippen LogP contribution in [0.3, 0.4) is 0 Å². The van der Waals surface area contributed by atoms with Gasteiger partial charge in [-0.25, -0.2) is 0 Å². The zero-order chi connectivity index (χ0) is 13.8. The van der Waals surface area contributed by atoms with Gasteiger partial charge >= 0.3 is 0 Å². The van der Waals surface area contributed by atoms with Gasteiger partial charge in [0.15, 0.2) is 0 Å². The molecule has 1 aliphatic carbocycles. The number of nitrogens with one attached hydrogen (secondary N) is 1. The minimum absolute atomic E-state index is 0.354. The van der Waals surface area contributed by atoms with Crippen molar-refractivity contribution in [3.8, 4) is 0 Å². The minimum Gasteiger partial charge on any atom is -0.396 e. The van der Waals surface area contributed by atoms with Crippen molar-refractivity contribution in [1.29, 1.82) is 0 Å². The number of ether oxygens (including phenoxy) is 1. The topological polar surface area (TPSA) is 44.7 Å². The summed E-state index contributed by atoms with van der Waals surface area (Å²) >= 11 is 0. The summed E-state index contributed by atoms with van der Waals surface area (Å²) in [5.74, 6) is 0.497. The molecule has 2 heterocycles. The van der Waals surface area contributed by atoms with E-state index in [2.05, 4.69) is 10.2 Å². The van der Waals surface area contributed by atoms with Crippen molar-refractivity contribution in [3.63, 3.8) is 0 Å². The lowest BCUT2D eigenvalue weighted by molar-refractivity contribution is -0.0138. The second-order valence-corrected chi connectivity index (χ2v) is 7.19. The van der Waals surface area contributed by atoms with E-state index in [1.165, 1.54) is 51.6 Å². The third-order valence-electron chi connectivity index (χ3n) is 5.32. The first-order valence-corrected chi connectivity index (χ1v) is 8.44. The molecule has 116 valence electrons. The standard InChI is InChI=1S/C16H30N2O2/c19-11-14-2-1-7-18(10-14)13-16(5-8-20-9-6-16)12-17-15-3-4-15/h14-15,17,19H,1-13H2. The van der Waals surface area contributed by atoms with Gasteiger partial charge in [-0.1, -0.05) is 0 Å². The molecule has 2 N–H and O–H groups in total. The molecule has 2 aliphatic heterocycles. The Kier molecular flexibility index (Phi) is 4.97. The Labute approximate surface area is 122 Å². The molecule has 2 saturated heterocycles. The first-order valence-electron chi connectivity index (χ1n) is 8.44. The summed E-state index contributed by atoms with van der Waals surface area (Å²) in [5, 5.41) is 13.2. The fraction of sp³-hybridized carbons (Fsp3) is 1.00. The van der Waals surface area contributed by atoms with Crippen LogP contribution in [-0.2, 0) is 4.74 Å². The molecule has 4 heteroatoms. The number of piperidine rings is 1. The van der Waals surface area contributed by atoms with E-state index in [4.69, 9.17) is 4.74 Å². The smallest absolute Gasteiger partial charge is 0.0472 e. The Morgan fingerprint density at radius 1 is 1.20 bits per heavy atom. The largest absolute Gasteiger partial charge is 0.396 e. The minimum atomic E-state index is 0.354. The Morgan fingerprint density at radius 2 is 2.00 bits per heavy atom. The van der Waals surface area contributed by atoms with Crippen LogP contribution in [0.5, 0.6) is 0 Å². The molecule has 0 aromatic carbocycles. The Hall–Kier alpha value is -0.160. The maximum Gasteiger partial charge on any atom is 0.0472 e. The van der Waals surface area contributed by atoms with E-state index in [9.17, 15) is 5.11 Å². The van der Waals surface area contributed by atoms with E-state index < -0.39 is 0 Å². The highest BCUT2D eigenvalue weighted by Gasteiger charge is 2.37. The third-order valence-corrected chi connectivity index (χ3v) is 5.32. The lowest BCUT2D eigenvalue weighted by Crippen LogP contribution is -2.50. The number of nitrogens with zero attached hydrogens (tertiary/aromatic N) is 1. The average molecular weight is 282 g/mol. The number of aliphatic hydroxyl groups is 1. The van der Waals surface area contributed by atoms with E-state index in [1.807, 2.05) is 0 Å². The van der Waals surface area contributed by atoms with Crippen LogP contribution < -0.4 is 5.32 Å². The molecule has 20 heavy (non-hydrogen) atoms. The van der Waals surface area contributed by atoms with Gasteiger partial charge in [0.25, 0.3) is 0 Å². The number of hydrogen-bond acceptors (Lipinski definition) is 4. The molecule has 0 amide bonds. The van der Waals surface area contributed by atoms with Crippen molar-refractivity contribution in [2.45, 2.75) is 44.6 Å². The quantitative estimate of drug-likeness (QED) is 0.769. The summed E-state index contributed by atoms with van der Waals surface area (Å²) < 4.78 is 5.59. The van der Waals surface area contributed by atoms with Gasteiger partial charge in [-0.3, -0.25) is 0 Å². The molecule has 0 bridgehead atoms. The van der Waals surface area contributed by atoms with Crippen molar-refractivity contribution in [2.75, 3.05) is 46.0 Å². The van der Waals surface area contributed by atoms with Gasteiger partial charge in [-0.15, -0.1) is 0 Å². The number of likely N-dealkylation sites (tertiary alicyclic amines) is 1. The normalized spacial score (nSPS) is 31.4. The van der Waals surface area contributed by atoms with Gasteiger partial charge in [-0.05, 0) is 56.4 Å².